The lowest BCUT2D eigenvalue weighted by molar-refractivity contribution is 0.0697. The number of nitrogens with zero attached hydrogens (tertiary/aromatic N) is 1. The Morgan fingerprint density at radius 2 is 2.41 bits per heavy atom. The van der Waals surface area contributed by atoms with Crippen LogP contribution in [0.2, 0.25) is 5.02 Å². The molecule has 0 aliphatic carbocycles. The fraction of sp³-hybridized carbons (Fsp3) is 0.455. The second kappa shape index (κ2) is 6.42. The Hall–Kier alpha value is -1.33. The van der Waals surface area contributed by atoms with Gasteiger partial charge in [-0.25, -0.2) is 9.78 Å². The highest BCUT2D eigenvalue weighted by molar-refractivity contribution is 6.33. The number of aromatic carboxylic acids is 1. The van der Waals surface area contributed by atoms with Crippen molar-refractivity contribution in [1.82, 2.24) is 4.98 Å². The summed E-state index contributed by atoms with van der Waals surface area (Å²) in [6.07, 6.45) is 1.35. The monoisotopic (exact) mass is 258 g/mol. The molecule has 2 N–H and O–H groups in total. The van der Waals surface area contributed by atoms with Crippen LogP contribution < -0.4 is 5.32 Å². The Balaban J connectivity index is 2.66. The molecule has 0 fully saturated rings. The number of hydrogen-bond acceptors (Lipinski definition) is 4. The first-order chi connectivity index (χ1) is 8.04. The Morgan fingerprint density at radius 3 is 3.00 bits per heavy atom. The molecule has 1 heterocycles. The largest absolute Gasteiger partial charge is 0.478 e. The molecule has 17 heavy (non-hydrogen) atoms. The molecular weight excluding hydrogens is 244 g/mol. The summed E-state index contributed by atoms with van der Waals surface area (Å²) in [7, 11) is 0. The number of carboxylic acids is 1. The first kappa shape index (κ1) is 13.7. The lowest BCUT2D eigenvalue weighted by Gasteiger charge is -2.13. The van der Waals surface area contributed by atoms with Gasteiger partial charge in [0.2, 0.25) is 0 Å². The fourth-order valence-corrected chi connectivity index (χ4v) is 1.48. The molecule has 0 saturated carbocycles. The fourth-order valence-electron chi connectivity index (χ4n) is 1.29. The molecule has 0 saturated heterocycles. The zero-order valence-electron chi connectivity index (χ0n) is 9.74. The van der Waals surface area contributed by atoms with Crippen molar-refractivity contribution in [3.8, 4) is 0 Å². The van der Waals surface area contributed by atoms with Gasteiger partial charge in [-0.15, -0.1) is 0 Å². The second-order valence-corrected chi connectivity index (χ2v) is 3.91. The number of aromatic nitrogens is 1. The number of ether oxygens (including phenoxy) is 1. The molecule has 0 amide bonds. The average Bonchev–Trinajstić information content (AvgIpc) is 2.28. The van der Waals surface area contributed by atoms with Crippen LogP contribution >= 0.6 is 11.6 Å². The number of hydrogen-bond donors (Lipinski definition) is 2. The predicted octanol–water partition coefficient (Wildman–Crippen LogP) is 2.27. The molecule has 0 aliphatic rings. The summed E-state index contributed by atoms with van der Waals surface area (Å²) in [6.45, 7) is 5.03. The van der Waals surface area contributed by atoms with Crippen LogP contribution in [0.15, 0.2) is 12.3 Å². The maximum absolute atomic E-state index is 10.8. The van der Waals surface area contributed by atoms with Gasteiger partial charge in [0.25, 0.3) is 0 Å². The van der Waals surface area contributed by atoms with E-state index in [0.29, 0.717) is 19.0 Å². The third-order valence-electron chi connectivity index (χ3n) is 2.11. The van der Waals surface area contributed by atoms with Crippen LogP contribution in [0.5, 0.6) is 0 Å². The van der Waals surface area contributed by atoms with Crippen LogP contribution in [0.4, 0.5) is 5.82 Å². The summed E-state index contributed by atoms with van der Waals surface area (Å²) in [4.78, 5) is 14.8. The van der Waals surface area contributed by atoms with Gasteiger partial charge in [0, 0.05) is 19.3 Å². The van der Waals surface area contributed by atoms with Crippen molar-refractivity contribution in [2.45, 2.75) is 20.0 Å². The summed E-state index contributed by atoms with van der Waals surface area (Å²) in [5, 5.41) is 12.0. The minimum absolute atomic E-state index is 0.0331. The van der Waals surface area contributed by atoms with Gasteiger partial charge in [-0.2, -0.15) is 0 Å². The van der Waals surface area contributed by atoms with Gasteiger partial charge in [-0.1, -0.05) is 11.6 Å². The Labute approximate surface area is 105 Å². The molecular formula is C11H15ClN2O3. The molecule has 6 heteroatoms. The van der Waals surface area contributed by atoms with Crippen LogP contribution in [0, 0.1) is 0 Å². The quantitative estimate of drug-likeness (QED) is 0.819. The Bertz CT molecular complexity index is 398. The topological polar surface area (TPSA) is 71.5 Å². The predicted molar refractivity (Wildman–Crippen MR) is 65.8 cm³/mol. The number of rotatable bonds is 6. The van der Waals surface area contributed by atoms with Gasteiger partial charge >= 0.3 is 5.97 Å². The highest BCUT2D eigenvalue weighted by Crippen LogP contribution is 2.17. The van der Waals surface area contributed by atoms with E-state index in [1.807, 2.05) is 13.8 Å². The standard InChI is InChI=1S/C11H15ClN2O3/c1-3-17-7(2)5-13-10-4-8(11(15)16)9(12)6-14-10/h4,6-7H,3,5H2,1-2H3,(H,13,14)(H,15,16). The molecule has 0 aromatic carbocycles. The van der Waals surface area contributed by atoms with Gasteiger partial charge in [0.15, 0.2) is 0 Å². The summed E-state index contributed by atoms with van der Waals surface area (Å²) in [5.74, 6) is -0.600. The lowest BCUT2D eigenvalue weighted by atomic mass is 10.2. The summed E-state index contributed by atoms with van der Waals surface area (Å²) < 4.78 is 5.33. The molecule has 0 bridgehead atoms. The van der Waals surface area contributed by atoms with E-state index in [-0.39, 0.29) is 16.7 Å². The van der Waals surface area contributed by atoms with Gasteiger partial charge in [-0.3, -0.25) is 0 Å². The molecule has 0 aliphatic heterocycles. The van der Waals surface area contributed by atoms with Crippen LogP contribution in [-0.2, 0) is 4.74 Å². The number of carbonyl (C=O) groups is 1. The highest BCUT2D eigenvalue weighted by atomic mass is 35.5. The minimum atomic E-state index is -1.07. The summed E-state index contributed by atoms with van der Waals surface area (Å²) >= 11 is 5.71. The first-order valence-electron chi connectivity index (χ1n) is 5.29. The molecule has 1 atom stereocenters. The van der Waals surface area contributed by atoms with E-state index < -0.39 is 5.97 Å². The maximum Gasteiger partial charge on any atom is 0.337 e. The molecule has 0 spiro atoms. The third-order valence-corrected chi connectivity index (χ3v) is 2.41. The van der Waals surface area contributed by atoms with Crippen LogP contribution in [-0.4, -0.2) is 35.3 Å². The Morgan fingerprint density at radius 1 is 1.71 bits per heavy atom. The second-order valence-electron chi connectivity index (χ2n) is 3.50. The van der Waals surface area contributed by atoms with E-state index >= 15 is 0 Å². The average molecular weight is 259 g/mol. The molecule has 1 aromatic rings. The van der Waals surface area contributed by atoms with Gasteiger partial charge < -0.3 is 15.2 Å². The number of anilines is 1. The van der Waals surface area contributed by atoms with E-state index in [0.717, 1.165) is 0 Å². The van der Waals surface area contributed by atoms with Crippen molar-refractivity contribution >= 4 is 23.4 Å². The van der Waals surface area contributed by atoms with E-state index in [9.17, 15) is 4.79 Å². The third kappa shape index (κ3) is 4.20. The van der Waals surface area contributed by atoms with Crippen LogP contribution in [0.1, 0.15) is 24.2 Å². The molecule has 1 unspecified atom stereocenters. The Kier molecular flexibility index (Phi) is 5.18. The molecule has 5 nitrogen and oxygen atoms in total. The molecule has 0 radical (unpaired) electrons. The van der Waals surface area contributed by atoms with Crippen LogP contribution in [0.3, 0.4) is 0 Å². The normalized spacial score (nSPS) is 12.2. The smallest absolute Gasteiger partial charge is 0.337 e. The SMILES string of the molecule is CCOC(C)CNc1cc(C(=O)O)c(Cl)cn1. The zero-order valence-corrected chi connectivity index (χ0v) is 10.5. The zero-order chi connectivity index (χ0) is 12.8. The first-order valence-corrected chi connectivity index (χ1v) is 5.66. The van der Waals surface area contributed by atoms with E-state index in [1.165, 1.54) is 12.3 Å². The maximum atomic E-state index is 10.8. The van der Waals surface area contributed by atoms with Gasteiger partial charge in [0.05, 0.1) is 16.7 Å². The van der Waals surface area contributed by atoms with Gasteiger partial charge in [0.1, 0.15) is 5.82 Å². The van der Waals surface area contributed by atoms with Crippen molar-refractivity contribution in [3.63, 3.8) is 0 Å². The van der Waals surface area contributed by atoms with Crippen molar-refractivity contribution < 1.29 is 14.6 Å². The van der Waals surface area contributed by atoms with Crippen molar-refractivity contribution in [2.75, 3.05) is 18.5 Å². The minimum Gasteiger partial charge on any atom is -0.478 e. The number of carboxylic acid groups (broad SMARTS) is 1. The highest BCUT2D eigenvalue weighted by Gasteiger charge is 2.10. The number of halogens is 1. The van der Waals surface area contributed by atoms with Crippen LogP contribution in [0.25, 0.3) is 0 Å². The van der Waals surface area contributed by atoms with Crippen molar-refractivity contribution in [2.24, 2.45) is 0 Å². The van der Waals surface area contributed by atoms with Gasteiger partial charge in [-0.05, 0) is 19.9 Å². The molecule has 1 aromatic heterocycles. The summed E-state index contributed by atoms with van der Waals surface area (Å²) in [5.41, 5.74) is 0.0354. The lowest BCUT2D eigenvalue weighted by Crippen LogP contribution is -2.20. The van der Waals surface area contributed by atoms with E-state index in [2.05, 4.69) is 10.3 Å². The van der Waals surface area contributed by atoms with E-state index in [4.69, 9.17) is 21.4 Å². The number of pyridine rings is 1. The number of nitrogens with one attached hydrogen (secondary N) is 1. The van der Waals surface area contributed by atoms with Crippen molar-refractivity contribution in [1.29, 1.82) is 0 Å². The van der Waals surface area contributed by atoms with Crippen molar-refractivity contribution in [3.05, 3.63) is 22.8 Å². The molecule has 1 rings (SSSR count). The summed E-state index contributed by atoms with van der Waals surface area (Å²) in [6, 6.07) is 1.41. The molecule has 94 valence electrons. The van der Waals surface area contributed by atoms with E-state index in [1.54, 1.807) is 0 Å².